The van der Waals surface area contributed by atoms with Crippen molar-refractivity contribution < 1.29 is 22.7 Å². The molecule has 1 atom stereocenters. The van der Waals surface area contributed by atoms with E-state index in [0.717, 1.165) is 29.7 Å². The number of carbonyl (C=O) groups excluding carboxylic acids is 1. The van der Waals surface area contributed by atoms with Gasteiger partial charge in [0.25, 0.3) is 0 Å². The van der Waals surface area contributed by atoms with Crippen LogP contribution in [0.3, 0.4) is 0 Å². The molecule has 208 valence electrons. The van der Waals surface area contributed by atoms with Crippen molar-refractivity contribution in [3.63, 3.8) is 0 Å². The van der Waals surface area contributed by atoms with E-state index >= 15 is 0 Å². The van der Waals surface area contributed by atoms with Crippen molar-refractivity contribution in [1.82, 2.24) is 14.8 Å². The van der Waals surface area contributed by atoms with Crippen LogP contribution in [0.15, 0.2) is 89.3 Å². The van der Waals surface area contributed by atoms with Crippen molar-refractivity contribution in [2.24, 2.45) is 10.2 Å². The summed E-state index contributed by atoms with van der Waals surface area (Å²) in [7, 11) is 0. The molecule has 0 spiro atoms. The minimum absolute atomic E-state index is 0.000997. The summed E-state index contributed by atoms with van der Waals surface area (Å²) in [5, 5.41) is 13.4. The Labute approximate surface area is 237 Å². The van der Waals surface area contributed by atoms with E-state index in [4.69, 9.17) is 0 Å². The third-order valence-corrected chi connectivity index (χ3v) is 7.61. The largest absolute Gasteiger partial charge is 0.573 e. The minimum atomic E-state index is -4.75. The van der Waals surface area contributed by atoms with Gasteiger partial charge in [-0.2, -0.15) is 5.10 Å². The van der Waals surface area contributed by atoms with Gasteiger partial charge < -0.3 is 4.74 Å². The molecule has 12 heteroatoms. The van der Waals surface area contributed by atoms with Crippen LogP contribution >= 0.6 is 11.8 Å². The van der Waals surface area contributed by atoms with Crippen molar-refractivity contribution in [3.05, 3.63) is 90.3 Å². The summed E-state index contributed by atoms with van der Waals surface area (Å²) in [5.74, 6) is 0.623. The van der Waals surface area contributed by atoms with Gasteiger partial charge in [0.15, 0.2) is 11.0 Å². The normalized spacial score (nSPS) is 18.5. The van der Waals surface area contributed by atoms with Gasteiger partial charge in [0.2, 0.25) is 5.91 Å². The number of rotatable bonds is 7. The third kappa shape index (κ3) is 6.02. The maximum absolute atomic E-state index is 13.0. The maximum atomic E-state index is 13.0. The first-order chi connectivity index (χ1) is 19.7. The van der Waals surface area contributed by atoms with Gasteiger partial charge >= 0.3 is 6.36 Å². The van der Waals surface area contributed by atoms with Gasteiger partial charge in [-0.3, -0.25) is 9.69 Å². The molecule has 6 rings (SSSR count). The van der Waals surface area contributed by atoms with E-state index in [-0.39, 0.29) is 16.9 Å². The van der Waals surface area contributed by atoms with E-state index in [9.17, 15) is 18.0 Å². The molecular formula is C29H23F3N6O2S. The Kier molecular flexibility index (Phi) is 7.08. The molecule has 2 fully saturated rings. The van der Waals surface area contributed by atoms with E-state index < -0.39 is 6.36 Å². The Morgan fingerprint density at radius 2 is 1.76 bits per heavy atom. The second kappa shape index (κ2) is 10.8. The quantitative estimate of drug-likeness (QED) is 0.184. The number of amidine groups is 1. The third-order valence-electron chi connectivity index (χ3n) is 6.58. The standard InChI is InChI=1S/C29H23F3N6O2S/c1-18-27(39)38(25-5-3-2-4-24(25)20-10-11-20)28(41-18)35-34-16-19-6-8-21(9-7-19)26-33-17-37(36-26)22-12-14-23(15-13-22)40-29(30,31)32/h2-9,12-18,20H,10-11H2,1H3/b34-16?,35-28-. The molecule has 41 heavy (non-hydrogen) atoms. The smallest absolute Gasteiger partial charge is 0.406 e. The second-order valence-electron chi connectivity index (χ2n) is 9.57. The van der Waals surface area contributed by atoms with Crippen LogP contribution in [0.1, 0.15) is 36.8 Å². The van der Waals surface area contributed by atoms with Crippen LogP contribution in [-0.4, -0.2) is 43.7 Å². The maximum Gasteiger partial charge on any atom is 0.573 e. The van der Waals surface area contributed by atoms with E-state index in [1.165, 1.54) is 52.6 Å². The van der Waals surface area contributed by atoms with Gasteiger partial charge in [0, 0.05) is 5.56 Å². The van der Waals surface area contributed by atoms with Gasteiger partial charge in [-0.15, -0.1) is 23.4 Å². The summed E-state index contributed by atoms with van der Waals surface area (Å²) >= 11 is 1.39. The number of ether oxygens (including phenoxy) is 1. The fourth-order valence-electron chi connectivity index (χ4n) is 4.44. The van der Waals surface area contributed by atoms with Crippen molar-refractivity contribution >= 4 is 34.7 Å². The van der Waals surface area contributed by atoms with Crippen LogP contribution in [-0.2, 0) is 4.79 Å². The molecule has 1 saturated carbocycles. The number of thioether (sulfide) groups is 1. The molecule has 1 saturated heterocycles. The zero-order chi connectivity index (χ0) is 28.6. The summed E-state index contributed by atoms with van der Waals surface area (Å²) in [6, 6.07) is 20.7. The summed E-state index contributed by atoms with van der Waals surface area (Å²) in [6.45, 7) is 1.87. The zero-order valence-electron chi connectivity index (χ0n) is 21.7. The average molecular weight is 577 g/mol. The number of carbonyl (C=O) groups is 1. The highest BCUT2D eigenvalue weighted by molar-refractivity contribution is 8.16. The van der Waals surface area contributed by atoms with E-state index in [2.05, 4.69) is 31.1 Å². The van der Waals surface area contributed by atoms with E-state index in [1.807, 2.05) is 49.4 Å². The number of anilines is 1. The minimum Gasteiger partial charge on any atom is -0.406 e. The lowest BCUT2D eigenvalue weighted by molar-refractivity contribution is -0.274. The highest BCUT2D eigenvalue weighted by Crippen LogP contribution is 2.46. The lowest BCUT2D eigenvalue weighted by Gasteiger charge is -2.19. The summed E-state index contributed by atoms with van der Waals surface area (Å²) in [6.07, 6.45) is 0.612. The van der Waals surface area contributed by atoms with Crippen LogP contribution in [0.2, 0.25) is 0 Å². The Balaban J connectivity index is 1.15. The SMILES string of the molecule is CC1S/C(=N\N=Cc2ccc(-c3ncn(-c4ccc(OC(F)(F)F)cc4)n3)cc2)N(c2ccccc2C2CC2)C1=O. The average Bonchev–Trinajstić information content (AvgIpc) is 3.61. The molecule has 0 N–H and O–H groups in total. The molecule has 2 heterocycles. The number of benzene rings is 3. The molecule has 0 radical (unpaired) electrons. The first-order valence-electron chi connectivity index (χ1n) is 12.8. The van der Waals surface area contributed by atoms with Crippen LogP contribution in [0.5, 0.6) is 5.75 Å². The summed E-state index contributed by atoms with van der Waals surface area (Å²) in [5.41, 5.74) is 4.13. The first kappa shape index (κ1) is 26.8. The lowest BCUT2D eigenvalue weighted by Crippen LogP contribution is -2.32. The highest BCUT2D eigenvalue weighted by atomic mass is 32.2. The van der Waals surface area contributed by atoms with Crippen LogP contribution in [0.4, 0.5) is 18.9 Å². The molecule has 3 aromatic carbocycles. The van der Waals surface area contributed by atoms with Gasteiger partial charge in [-0.1, -0.05) is 54.2 Å². The number of amides is 1. The number of halogens is 3. The van der Waals surface area contributed by atoms with Crippen LogP contribution in [0.25, 0.3) is 17.1 Å². The second-order valence-corrected chi connectivity index (χ2v) is 10.9. The Bertz CT molecular complexity index is 1630. The van der Waals surface area contributed by atoms with E-state index in [1.54, 1.807) is 11.1 Å². The number of nitrogens with zero attached hydrogens (tertiary/aromatic N) is 6. The molecule has 1 aliphatic carbocycles. The topological polar surface area (TPSA) is 85.0 Å². The van der Waals surface area contributed by atoms with Gasteiger partial charge in [0.05, 0.1) is 22.8 Å². The Hall–Kier alpha value is -4.45. The van der Waals surface area contributed by atoms with Crippen molar-refractivity contribution in [2.45, 2.75) is 37.3 Å². The molecule has 2 aliphatic rings. The van der Waals surface area contributed by atoms with Crippen LogP contribution in [0, 0.1) is 0 Å². The molecular weight excluding hydrogens is 553 g/mol. The zero-order valence-corrected chi connectivity index (χ0v) is 22.5. The monoisotopic (exact) mass is 576 g/mol. The van der Waals surface area contributed by atoms with E-state index in [0.29, 0.717) is 22.6 Å². The number of aromatic nitrogens is 3. The van der Waals surface area contributed by atoms with Crippen molar-refractivity contribution in [2.75, 3.05) is 4.90 Å². The number of hydrogen-bond acceptors (Lipinski definition) is 7. The molecule has 8 nitrogen and oxygen atoms in total. The summed E-state index contributed by atoms with van der Waals surface area (Å²) < 4.78 is 42.5. The molecule has 1 unspecified atom stereocenters. The lowest BCUT2D eigenvalue weighted by atomic mass is 10.1. The van der Waals surface area contributed by atoms with Crippen molar-refractivity contribution in [3.8, 4) is 22.8 Å². The number of hydrogen-bond donors (Lipinski definition) is 0. The molecule has 4 aromatic rings. The van der Waals surface area contributed by atoms with Gasteiger partial charge in [-0.05, 0) is 67.1 Å². The number of para-hydroxylation sites is 1. The number of alkyl halides is 3. The van der Waals surface area contributed by atoms with Gasteiger partial charge in [0.1, 0.15) is 12.1 Å². The fourth-order valence-corrected chi connectivity index (χ4v) is 5.35. The molecule has 1 aliphatic heterocycles. The molecule has 0 bridgehead atoms. The van der Waals surface area contributed by atoms with Crippen molar-refractivity contribution in [1.29, 1.82) is 0 Å². The first-order valence-corrected chi connectivity index (χ1v) is 13.7. The van der Waals surface area contributed by atoms with Gasteiger partial charge in [-0.25, -0.2) is 9.67 Å². The molecule has 1 aromatic heterocycles. The fraction of sp³-hybridized carbons (Fsp3) is 0.207. The molecule has 1 amide bonds. The Morgan fingerprint density at radius 3 is 2.46 bits per heavy atom. The summed E-state index contributed by atoms with van der Waals surface area (Å²) in [4.78, 5) is 19.0. The van der Waals surface area contributed by atoms with Crippen LogP contribution < -0.4 is 9.64 Å². The Morgan fingerprint density at radius 1 is 1.02 bits per heavy atom. The predicted octanol–water partition coefficient (Wildman–Crippen LogP) is 6.57. The predicted molar refractivity (Wildman–Crippen MR) is 151 cm³/mol. The highest BCUT2D eigenvalue weighted by Gasteiger charge is 2.39.